The molecule has 22 heavy (non-hydrogen) atoms. The van der Waals surface area contributed by atoms with E-state index in [9.17, 15) is 13.2 Å². The van der Waals surface area contributed by atoms with Gasteiger partial charge in [-0.05, 0) is 42.5 Å². The normalized spacial score (nSPS) is 11.0. The Morgan fingerprint density at radius 1 is 1.14 bits per heavy atom. The van der Waals surface area contributed by atoms with E-state index < -0.39 is 9.84 Å². The van der Waals surface area contributed by atoms with E-state index in [1.54, 1.807) is 24.3 Å². The number of carbonyl (C=O) groups is 1. The van der Waals surface area contributed by atoms with Crippen molar-refractivity contribution in [2.75, 3.05) is 19.0 Å². The van der Waals surface area contributed by atoms with E-state index in [2.05, 4.69) is 5.32 Å². The van der Waals surface area contributed by atoms with Crippen LogP contribution in [0.5, 0.6) is 5.75 Å². The molecule has 0 spiro atoms. The second-order valence-electron chi connectivity index (χ2n) is 4.46. The highest BCUT2D eigenvalue weighted by Gasteiger charge is 2.18. The number of nitrogens with one attached hydrogen (secondary N) is 1. The van der Waals surface area contributed by atoms with Gasteiger partial charge in [-0.3, -0.25) is 4.79 Å². The van der Waals surface area contributed by atoms with Crippen LogP contribution in [0.15, 0.2) is 58.3 Å². The molecule has 0 aromatic heterocycles. The second-order valence-corrected chi connectivity index (χ2v) is 6.41. The number of rotatable bonds is 5. The Labute approximate surface area is 128 Å². The summed E-state index contributed by atoms with van der Waals surface area (Å²) in [5.41, 5.74) is 5.60. The van der Waals surface area contributed by atoms with Crippen LogP contribution in [0.4, 0.5) is 5.69 Å². The van der Waals surface area contributed by atoms with Crippen molar-refractivity contribution in [3.05, 3.63) is 48.5 Å². The SMILES string of the molecule is COc1ccc(S(=O)(=O)c2cccc(NC(=O)CN)c2)cc1. The van der Waals surface area contributed by atoms with Gasteiger partial charge in [-0.15, -0.1) is 0 Å². The Balaban J connectivity index is 2.36. The first-order valence-corrected chi connectivity index (χ1v) is 7.95. The summed E-state index contributed by atoms with van der Waals surface area (Å²) in [6.07, 6.45) is 0. The predicted molar refractivity (Wildman–Crippen MR) is 82.6 cm³/mol. The summed E-state index contributed by atoms with van der Waals surface area (Å²) >= 11 is 0. The van der Waals surface area contributed by atoms with Crippen LogP contribution in [0.2, 0.25) is 0 Å². The average molecular weight is 320 g/mol. The minimum Gasteiger partial charge on any atom is -0.497 e. The highest BCUT2D eigenvalue weighted by atomic mass is 32.2. The molecule has 0 aliphatic carbocycles. The third-order valence-electron chi connectivity index (χ3n) is 2.98. The second kappa shape index (κ2) is 6.59. The van der Waals surface area contributed by atoms with Crippen LogP contribution in [-0.2, 0) is 14.6 Å². The molecule has 116 valence electrons. The molecular weight excluding hydrogens is 304 g/mol. The Hall–Kier alpha value is -2.38. The fraction of sp³-hybridized carbons (Fsp3) is 0.133. The third kappa shape index (κ3) is 3.44. The molecular formula is C15H16N2O4S. The van der Waals surface area contributed by atoms with E-state index in [0.717, 1.165) is 0 Å². The van der Waals surface area contributed by atoms with Gasteiger partial charge in [0.15, 0.2) is 0 Å². The largest absolute Gasteiger partial charge is 0.497 e. The van der Waals surface area contributed by atoms with E-state index in [0.29, 0.717) is 11.4 Å². The minimum absolute atomic E-state index is 0.0903. The van der Waals surface area contributed by atoms with Gasteiger partial charge in [-0.2, -0.15) is 0 Å². The summed E-state index contributed by atoms with van der Waals surface area (Å²) in [5, 5.41) is 2.53. The standard InChI is InChI=1S/C15H16N2O4S/c1-21-12-5-7-13(8-6-12)22(19,20)14-4-2-3-11(9-14)17-15(18)10-16/h2-9H,10,16H2,1H3,(H,17,18). The number of ether oxygens (including phenoxy) is 1. The van der Waals surface area contributed by atoms with Crippen LogP contribution in [0, 0.1) is 0 Å². The van der Waals surface area contributed by atoms with Crippen LogP contribution < -0.4 is 15.8 Å². The van der Waals surface area contributed by atoms with Gasteiger partial charge in [0.05, 0.1) is 23.4 Å². The Bertz CT molecular complexity index is 770. The lowest BCUT2D eigenvalue weighted by Crippen LogP contribution is -2.21. The first-order chi connectivity index (χ1) is 10.5. The zero-order valence-corrected chi connectivity index (χ0v) is 12.8. The van der Waals surface area contributed by atoms with E-state index in [1.807, 2.05) is 0 Å². The van der Waals surface area contributed by atoms with Crippen molar-refractivity contribution in [2.24, 2.45) is 5.73 Å². The zero-order valence-electron chi connectivity index (χ0n) is 11.9. The van der Waals surface area contributed by atoms with E-state index in [-0.39, 0.29) is 22.2 Å². The lowest BCUT2D eigenvalue weighted by atomic mass is 10.3. The van der Waals surface area contributed by atoms with Crippen LogP contribution in [0.3, 0.4) is 0 Å². The number of hydrogen-bond donors (Lipinski definition) is 2. The molecule has 2 aromatic rings. The summed E-state index contributed by atoms with van der Waals surface area (Å²) < 4.78 is 30.1. The first kappa shape index (κ1) is 16.0. The smallest absolute Gasteiger partial charge is 0.238 e. The highest BCUT2D eigenvalue weighted by Crippen LogP contribution is 2.24. The van der Waals surface area contributed by atoms with E-state index in [1.165, 1.54) is 31.4 Å². The summed E-state index contributed by atoms with van der Waals surface area (Å²) in [4.78, 5) is 11.5. The lowest BCUT2D eigenvalue weighted by molar-refractivity contribution is -0.114. The van der Waals surface area contributed by atoms with Crippen LogP contribution in [0.25, 0.3) is 0 Å². The molecule has 0 saturated heterocycles. The molecule has 0 aliphatic rings. The molecule has 7 heteroatoms. The van der Waals surface area contributed by atoms with Crippen LogP contribution in [0.1, 0.15) is 0 Å². The van der Waals surface area contributed by atoms with Crippen molar-refractivity contribution in [3.8, 4) is 5.75 Å². The molecule has 2 rings (SSSR count). The van der Waals surface area contributed by atoms with E-state index >= 15 is 0 Å². The number of sulfone groups is 1. The molecule has 1 amide bonds. The predicted octanol–water partition coefficient (Wildman–Crippen LogP) is 1.43. The van der Waals surface area contributed by atoms with Crippen molar-refractivity contribution in [3.63, 3.8) is 0 Å². The third-order valence-corrected chi connectivity index (χ3v) is 4.75. The van der Waals surface area contributed by atoms with Crippen molar-refractivity contribution < 1.29 is 17.9 Å². The number of carbonyl (C=O) groups excluding carboxylic acids is 1. The fourth-order valence-electron chi connectivity index (χ4n) is 1.84. The highest BCUT2D eigenvalue weighted by molar-refractivity contribution is 7.91. The van der Waals surface area contributed by atoms with Gasteiger partial charge >= 0.3 is 0 Å². The van der Waals surface area contributed by atoms with Crippen molar-refractivity contribution in [2.45, 2.75) is 9.79 Å². The van der Waals surface area contributed by atoms with Crippen molar-refractivity contribution >= 4 is 21.4 Å². The number of anilines is 1. The number of methoxy groups -OCH3 is 1. The van der Waals surface area contributed by atoms with Crippen molar-refractivity contribution in [1.82, 2.24) is 0 Å². The molecule has 0 unspecified atom stereocenters. The monoisotopic (exact) mass is 320 g/mol. The Morgan fingerprint density at radius 2 is 1.82 bits per heavy atom. The van der Waals surface area contributed by atoms with Gasteiger partial charge in [0.25, 0.3) is 0 Å². The van der Waals surface area contributed by atoms with Crippen LogP contribution >= 0.6 is 0 Å². The summed E-state index contributed by atoms with van der Waals surface area (Å²) in [6, 6.07) is 12.1. The van der Waals surface area contributed by atoms with Crippen LogP contribution in [-0.4, -0.2) is 28.0 Å². The maximum Gasteiger partial charge on any atom is 0.238 e. The first-order valence-electron chi connectivity index (χ1n) is 6.46. The Kier molecular flexibility index (Phi) is 4.79. The van der Waals surface area contributed by atoms with Gasteiger partial charge in [-0.1, -0.05) is 6.07 Å². The molecule has 0 radical (unpaired) electrons. The van der Waals surface area contributed by atoms with Crippen molar-refractivity contribution in [1.29, 1.82) is 0 Å². The Morgan fingerprint density at radius 3 is 2.41 bits per heavy atom. The zero-order chi connectivity index (χ0) is 16.2. The summed E-state index contributed by atoms with van der Waals surface area (Å²) in [6.45, 7) is -0.171. The maximum atomic E-state index is 12.6. The number of hydrogen-bond acceptors (Lipinski definition) is 5. The lowest BCUT2D eigenvalue weighted by Gasteiger charge is -2.08. The molecule has 6 nitrogen and oxygen atoms in total. The fourth-order valence-corrected chi connectivity index (χ4v) is 3.15. The molecule has 0 aliphatic heterocycles. The minimum atomic E-state index is -3.67. The molecule has 0 saturated carbocycles. The average Bonchev–Trinajstić information content (AvgIpc) is 2.55. The molecule has 0 atom stereocenters. The van der Waals surface area contributed by atoms with Gasteiger partial charge in [0, 0.05) is 5.69 Å². The van der Waals surface area contributed by atoms with Gasteiger partial charge in [-0.25, -0.2) is 8.42 Å². The van der Waals surface area contributed by atoms with Gasteiger partial charge in [0.2, 0.25) is 15.7 Å². The maximum absolute atomic E-state index is 12.6. The topological polar surface area (TPSA) is 98.5 Å². The van der Waals surface area contributed by atoms with E-state index in [4.69, 9.17) is 10.5 Å². The molecule has 3 N–H and O–H groups in total. The van der Waals surface area contributed by atoms with Gasteiger partial charge < -0.3 is 15.8 Å². The molecule has 0 bridgehead atoms. The molecule has 2 aromatic carbocycles. The number of amides is 1. The number of benzene rings is 2. The quantitative estimate of drug-likeness (QED) is 0.868. The van der Waals surface area contributed by atoms with Gasteiger partial charge in [0.1, 0.15) is 5.75 Å². The molecule has 0 fully saturated rings. The number of nitrogens with two attached hydrogens (primary N) is 1. The molecule has 0 heterocycles. The summed E-state index contributed by atoms with van der Waals surface area (Å²) in [5.74, 6) is 0.182. The summed E-state index contributed by atoms with van der Waals surface area (Å²) in [7, 11) is -2.16.